The van der Waals surface area contributed by atoms with Gasteiger partial charge < -0.3 is 10.6 Å². The molecule has 2 aromatic carbocycles. The molecule has 0 fully saturated rings. The standard InChI is InChI=1S/C22H24N4O/c1-22(2)13-19(17-11-7-4-8-12-17)25-20-18(15-24-26(20)22)21(27)23-14-16-9-5-3-6-10-16/h3-12,15,19,25H,13-14H2,1-2H3,(H,23,27). The third-order valence-corrected chi connectivity index (χ3v) is 5.10. The quantitative estimate of drug-likeness (QED) is 0.736. The Morgan fingerprint density at radius 3 is 2.52 bits per heavy atom. The molecule has 4 rings (SSSR count). The third kappa shape index (κ3) is 3.45. The molecule has 27 heavy (non-hydrogen) atoms. The van der Waals surface area contributed by atoms with Gasteiger partial charge in [-0.3, -0.25) is 4.79 Å². The SMILES string of the molecule is CC1(C)CC(c2ccccc2)Nc2c(C(=O)NCc3ccccc3)cnn21. The Kier molecular flexibility index (Phi) is 4.44. The zero-order chi connectivity index (χ0) is 18.9. The number of nitrogens with zero attached hydrogens (tertiary/aromatic N) is 2. The number of carbonyl (C=O) groups is 1. The number of nitrogens with one attached hydrogen (secondary N) is 2. The molecule has 5 heteroatoms. The third-order valence-electron chi connectivity index (χ3n) is 5.10. The largest absolute Gasteiger partial charge is 0.363 e. The van der Waals surface area contributed by atoms with Crippen LogP contribution in [0.4, 0.5) is 5.82 Å². The fourth-order valence-corrected chi connectivity index (χ4v) is 3.67. The minimum atomic E-state index is -0.181. The Morgan fingerprint density at radius 2 is 1.81 bits per heavy atom. The summed E-state index contributed by atoms with van der Waals surface area (Å²) in [6.45, 7) is 4.81. The van der Waals surface area contributed by atoms with Crippen LogP contribution in [0, 0.1) is 0 Å². The van der Waals surface area contributed by atoms with Crippen LogP contribution in [0.15, 0.2) is 66.9 Å². The molecule has 1 aliphatic heterocycles. The van der Waals surface area contributed by atoms with Gasteiger partial charge in [0, 0.05) is 6.54 Å². The minimum absolute atomic E-state index is 0.114. The highest BCUT2D eigenvalue weighted by Gasteiger charge is 2.36. The van der Waals surface area contributed by atoms with Gasteiger partial charge in [-0.15, -0.1) is 0 Å². The van der Waals surface area contributed by atoms with Gasteiger partial charge in [-0.25, -0.2) is 4.68 Å². The van der Waals surface area contributed by atoms with E-state index in [1.165, 1.54) is 5.56 Å². The van der Waals surface area contributed by atoms with Gasteiger partial charge in [0.15, 0.2) is 0 Å². The first-order valence-electron chi connectivity index (χ1n) is 9.27. The summed E-state index contributed by atoms with van der Waals surface area (Å²) in [5.41, 5.74) is 2.69. The van der Waals surface area contributed by atoms with Crippen molar-refractivity contribution in [3.63, 3.8) is 0 Å². The second-order valence-electron chi connectivity index (χ2n) is 7.61. The van der Waals surface area contributed by atoms with Crippen LogP contribution in [-0.2, 0) is 12.1 Å². The minimum Gasteiger partial charge on any atom is -0.363 e. The summed E-state index contributed by atoms with van der Waals surface area (Å²) in [6.07, 6.45) is 2.56. The molecule has 0 aliphatic carbocycles. The Morgan fingerprint density at radius 1 is 1.15 bits per heavy atom. The number of aromatic nitrogens is 2. The van der Waals surface area contributed by atoms with Crippen LogP contribution in [0.3, 0.4) is 0 Å². The van der Waals surface area contributed by atoms with Crippen molar-refractivity contribution in [3.8, 4) is 0 Å². The summed E-state index contributed by atoms with van der Waals surface area (Å²) in [4.78, 5) is 12.8. The lowest BCUT2D eigenvalue weighted by Gasteiger charge is -2.38. The molecule has 1 aromatic heterocycles. The summed E-state index contributed by atoms with van der Waals surface area (Å²) in [5.74, 6) is 0.669. The lowest BCUT2D eigenvalue weighted by atomic mass is 9.89. The molecule has 1 unspecified atom stereocenters. The fraction of sp³-hybridized carbons (Fsp3) is 0.273. The summed E-state index contributed by atoms with van der Waals surface area (Å²) < 4.78 is 1.93. The van der Waals surface area contributed by atoms with Crippen molar-refractivity contribution in [2.45, 2.75) is 38.4 Å². The number of fused-ring (bicyclic) bond motifs is 1. The number of anilines is 1. The summed E-state index contributed by atoms with van der Waals surface area (Å²) in [7, 11) is 0. The first-order chi connectivity index (χ1) is 13.0. The van der Waals surface area contributed by atoms with Gasteiger partial charge in [-0.2, -0.15) is 5.10 Å². The van der Waals surface area contributed by atoms with Crippen LogP contribution in [0.1, 0.15) is 47.8 Å². The second kappa shape index (κ2) is 6.91. The number of benzene rings is 2. The van der Waals surface area contributed by atoms with E-state index in [1.807, 2.05) is 53.2 Å². The van der Waals surface area contributed by atoms with Crippen molar-refractivity contribution in [2.75, 3.05) is 5.32 Å². The molecule has 0 saturated heterocycles. The van der Waals surface area contributed by atoms with E-state index in [4.69, 9.17) is 0 Å². The van der Waals surface area contributed by atoms with Gasteiger partial charge in [-0.1, -0.05) is 60.7 Å². The van der Waals surface area contributed by atoms with Crippen molar-refractivity contribution in [1.82, 2.24) is 15.1 Å². The molecule has 5 nitrogen and oxygen atoms in total. The first-order valence-corrected chi connectivity index (χ1v) is 9.27. The Hall–Kier alpha value is -3.08. The molecule has 0 spiro atoms. The Labute approximate surface area is 159 Å². The fourth-order valence-electron chi connectivity index (χ4n) is 3.67. The van der Waals surface area contributed by atoms with E-state index in [9.17, 15) is 4.79 Å². The smallest absolute Gasteiger partial charge is 0.256 e. The van der Waals surface area contributed by atoms with Crippen molar-refractivity contribution in [2.24, 2.45) is 0 Å². The van der Waals surface area contributed by atoms with E-state index in [2.05, 4.69) is 41.7 Å². The van der Waals surface area contributed by atoms with E-state index in [0.717, 1.165) is 17.8 Å². The molecule has 0 bridgehead atoms. The van der Waals surface area contributed by atoms with Crippen LogP contribution >= 0.6 is 0 Å². The highest BCUT2D eigenvalue weighted by molar-refractivity contribution is 5.98. The van der Waals surface area contributed by atoms with Crippen LogP contribution < -0.4 is 10.6 Å². The zero-order valence-corrected chi connectivity index (χ0v) is 15.6. The van der Waals surface area contributed by atoms with Crippen molar-refractivity contribution in [3.05, 3.63) is 83.6 Å². The molecule has 0 radical (unpaired) electrons. The molecule has 1 amide bonds. The van der Waals surface area contributed by atoms with Crippen LogP contribution in [0.2, 0.25) is 0 Å². The van der Waals surface area contributed by atoms with Crippen LogP contribution in [-0.4, -0.2) is 15.7 Å². The van der Waals surface area contributed by atoms with E-state index >= 15 is 0 Å². The van der Waals surface area contributed by atoms with Crippen molar-refractivity contribution >= 4 is 11.7 Å². The van der Waals surface area contributed by atoms with Gasteiger partial charge in [0.1, 0.15) is 11.4 Å². The van der Waals surface area contributed by atoms with E-state index < -0.39 is 0 Å². The van der Waals surface area contributed by atoms with E-state index in [-0.39, 0.29) is 17.5 Å². The topological polar surface area (TPSA) is 59.0 Å². The van der Waals surface area contributed by atoms with Gasteiger partial charge >= 0.3 is 0 Å². The Balaban J connectivity index is 1.58. The lowest BCUT2D eigenvalue weighted by molar-refractivity contribution is 0.0951. The molecule has 2 N–H and O–H groups in total. The molecular formula is C22H24N4O. The molecule has 1 aliphatic rings. The maximum absolute atomic E-state index is 12.8. The maximum Gasteiger partial charge on any atom is 0.256 e. The number of amides is 1. The van der Waals surface area contributed by atoms with Crippen molar-refractivity contribution in [1.29, 1.82) is 0 Å². The van der Waals surface area contributed by atoms with Gasteiger partial charge in [0.05, 0.1) is 17.8 Å². The normalized spacial score (nSPS) is 17.6. The average molecular weight is 360 g/mol. The molecule has 1 atom stereocenters. The number of hydrogen-bond acceptors (Lipinski definition) is 3. The van der Waals surface area contributed by atoms with E-state index in [1.54, 1.807) is 6.20 Å². The van der Waals surface area contributed by atoms with Crippen LogP contribution in [0.25, 0.3) is 0 Å². The van der Waals surface area contributed by atoms with Gasteiger partial charge in [-0.05, 0) is 31.4 Å². The molecular weight excluding hydrogens is 336 g/mol. The summed E-state index contributed by atoms with van der Waals surface area (Å²) in [5, 5.41) is 11.0. The monoisotopic (exact) mass is 360 g/mol. The number of rotatable bonds is 4. The second-order valence-corrected chi connectivity index (χ2v) is 7.61. The molecule has 0 saturated carbocycles. The predicted molar refractivity (Wildman–Crippen MR) is 107 cm³/mol. The molecule has 3 aromatic rings. The predicted octanol–water partition coefficient (Wildman–Crippen LogP) is 4.11. The van der Waals surface area contributed by atoms with Gasteiger partial charge in [0.25, 0.3) is 5.91 Å². The highest BCUT2D eigenvalue weighted by atomic mass is 16.1. The van der Waals surface area contributed by atoms with Crippen LogP contribution in [0.5, 0.6) is 0 Å². The number of hydrogen-bond donors (Lipinski definition) is 2. The molecule has 138 valence electrons. The Bertz CT molecular complexity index is 931. The highest BCUT2D eigenvalue weighted by Crippen LogP contribution is 2.39. The van der Waals surface area contributed by atoms with Crippen molar-refractivity contribution < 1.29 is 4.79 Å². The van der Waals surface area contributed by atoms with Gasteiger partial charge in [0.2, 0.25) is 0 Å². The lowest BCUT2D eigenvalue weighted by Crippen LogP contribution is -2.38. The maximum atomic E-state index is 12.8. The summed E-state index contributed by atoms with van der Waals surface area (Å²) >= 11 is 0. The summed E-state index contributed by atoms with van der Waals surface area (Å²) in [6, 6.07) is 20.4. The first kappa shape index (κ1) is 17.3. The number of carbonyl (C=O) groups excluding carboxylic acids is 1. The molecule has 2 heterocycles. The van der Waals surface area contributed by atoms with E-state index in [0.29, 0.717) is 12.1 Å². The average Bonchev–Trinajstić information content (AvgIpc) is 3.12. The zero-order valence-electron chi connectivity index (χ0n) is 15.6.